The van der Waals surface area contributed by atoms with E-state index in [1.165, 1.54) is 17.3 Å². The van der Waals surface area contributed by atoms with E-state index in [1.807, 2.05) is 25.7 Å². The van der Waals surface area contributed by atoms with E-state index in [1.54, 1.807) is 0 Å². The van der Waals surface area contributed by atoms with Crippen molar-refractivity contribution >= 4 is 28.7 Å². The number of carbonyl (C=O) groups is 1. The first-order chi connectivity index (χ1) is 7.40. The minimum Gasteiger partial charge on any atom is -0.444 e. The molecule has 1 heterocycles. The van der Waals surface area contributed by atoms with E-state index in [0.717, 1.165) is 18.4 Å². The summed E-state index contributed by atoms with van der Waals surface area (Å²) in [5.41, 5.74) is -0.373. The van der Waals surface area contributed by atoms with Crippen LogP contribution in [0.2, 0.25) is 0 Å². The van der Waals surface area contributed by atoms with Gasteiger partial charge in [-0.15, -0.1) is 0 Å². The average molecular weight is 337 g/mol. The molecule has 0 spiro atoms. The van der Waals surface area contributed by atoms with Crippen molar-refractivity contribution in [1.82, 2.24) is 4.90 Å². The lowest BCUT2D eigenvalue weighted by Gasteiger charge is -2.32. The van der Waals surface area contributed by atoms with Gasteiger partial charge < -0.3 is 9.64 Å². The Morgan fingerprint density at radius 2 is 2.12 bits per heavy atom. The first kappa shape index (κ1) is 12.5. The van der Waals surface area contributed by atoms with Crippen LogP contribution in [0.25, 0.3) is 0 Å². The van der Waals surface area contributed by atoms with Crippen molar-refractivity contribution in [2.24, 2.45) is 11.8 Å². The number of nitrogens with zero attached hydrogens (tertiary/aromatic N) is 1. The van der Waals surface area contributed by atoms with E-state index in [4.69, 9.17) is 4.74 Å². The van der Waals surface area contributed by atoms with Crippen LogP contribution in [0.15, 0.2) is 0 Å². The fraction of sp³-hybridized carbons (Fsp3) is 0.917. The lowest BCUT2D eigenvalue weighted by molar-refractivity contribution is 0.0169. The van der Waals surface area contributed by atoms with Gasteiger partial charge in [0.15, 0.2) is 0 Å². The number of amides is 1. The molecule has 1 aliphatic carbocycles. The Hall–Kier alpha value is 0. The molecule has 2 fully saturated rings. The Morgan fingerprint density at radius 3 is 2.56 bits per heavy atom. The van der Waals surface area contributed by atoms with Crippen LogP contribution in [-0.2, 0) is 4.74 Å². The first-order valence-corrected chi connectivity index (χ1v) is 7.49. The van der Waals surface area contributed by atoms with E-state index >= 15 is 0 Å². The van der Waals surface area contributed by atoms with E-state index in [0.29, 0.717) is 6.04 Å². The molecule has 1 saturated heterocycles. The minimum absolute atomic E-state index is 0.119. The zero-order chi connectivity index (χ0) is 11.9. The molecule has 0 radical (unpaired) electrons. The zero-order valence-corrected chi connectivity index (χ0v) is 12.4. The van der Waals surface area contributed by atoms with Crippen LogP contribution in [-0.4, -0.2) is 33.6 Å². The van der Waals surface area contributed by atoms with E-state index in [-0.39, 0.29) is 11.7 Å². The van der Waals surface area contributed by atoms with Crippen molar-refractivity contribution in [3.63, 3.8) is 0 Å². The number of likely N-dealkylation sites (tertiary alicyclic amines) is 1. The van der Waals surface area contributed by atoms with Gasteiger partial charge in [-0.05, 0) is 45.4 Å². The smallest absolute Gasteiger partial charge is 0.410 e. The molecule has 1 aliphatic heterocycles. The molecule has 2 bridgehead atoms. The molecule has 92 valence electrons. The summed E-state index contributed by atoms with van der Waals surface area (Å²) in [4.78, 5) is 13.9. The van der Waals surface area contributed by atoms with Crippen molar-refractivity contribution in [1.29, 1.82) is 0 Å². The van der Waals surface area contributed by atoms with E-state index < -0.39 is 0 Å². The number of carbonyl (C=O) groups excluding carboxylic acids is 1. The summed E-state index contributed by atoms with van der Waals surface area (Å²) in [5, 5.41) is 0. The van der Waals surface area contributed by atoms with Crippen LogP contribution in [0.4, 0.5) is 4.79 Å². The fourth-order valence-corrected chi connectivity index (χ4v) is 3.87. The van der Waals surface area contributed by atoms with Gasteiger partial charge in [0.25, 0.3) is 0 Å². The molecule has 16 heavy (non-hydrogen) atoms. The summed E-state index contributed by atoms with van der Waals surface area (Å²) in [7, 11) is 0. The van der Waals surface area contributed by atoms with Crippen LogP contribution in [0.5, 0.6) is 0 Å². The number of hydrogen-bond acceptors (Lipinski definition) is 2. The van der Waals surface area contributed by atoms with Crippen LogP contribution in [0.3, 0.4) is 0 Å². The lowest BCUT2D eigenvalue weighted by Crippen LogP contribution is -2.43. The number of halogens is 1. The van der Waals surface area contributed by atoms with E-state index in [2.05, 4.69) is 22.6 Å². The Labute approximate surface area is 111 Å². The second-order valence-corrected chi connectivity index (χ2v) is 6.81. The predicted octanol–water partition coefficient (Wildman–Crippen LogP) is 3.07. The summed E-state index contributed by atoms with van der Waals surface area (Å²) in [6, 6.07) is 0.444. The van der Waals surface area contributed by atoms with Crippen molar-refractivity contribution in [3.8, 4) is 0 Å². The highest BCUT2D eigenvalue weighted by Crippen LogP contribution is 2.43. The van der Waals surface area contributed by atoms with Gasteiger partial charge in [-0.2, -0.15) is 0 Å². The quantitative estimate of drug-likeness (QED) is 0.544. The monoisotopic (exact) mass is 337 g/mol. The number of fused-ring (bicyclic) bond motifs is 2. The molecule has 2 rings (SSSR count). The van der Waals surface area contributed by atoms with Gasteiger partial charge >= 0.3 is 6.09 Å². The number of rotatable bonds is 1. The second kappa shape index (κ2) is 4.35. The fourth-order valence-electron chi connectivity index (χ4n) is 2.79. The van der Waals surface area contributed by atoms with Gasteiger partial charge in [0.2, 0.25) is 0 Å². The van der Waals surface area contributed by atoms with Crippen molar-refractivity contribution in [2.45, 2.75) is 45.3 Å². The molecule has 3 unspecified atom stereocenters. The maximum atomic E-state index is 11.9. The molecular formula is C12H20INO2. The standard InChI is InChI=1S/C12H20INO2/c1-12(2,3)16-11(15)14-7-9-5-10(14)4-8(9)6-13/h8-10H,4-7H2,1-3H3. The van der Waals surface area contributed by atoms with Crippen LogP contribution < -0.4 is 0 Å². The predicted molar refractivity (Wildman–Crippen MR) is 71.8 cm³/mol. The second-order valence-electron chi connectivity index (χ2n) is 5.93. The highest BCUT2D eigenvalue weighted by Gasteiger charge is 2.46. The summed E-state index contributed by atoms with van der Waals surface area (Å²) in [6.07, 6.45) is 2.24. The van der Waals surface area contributed by atoms with Crippen LogP contribution in [0.1, 0.15) is 33.6 Å². The van der Waals surface area contributed by atoms with Gasteiger partial charge in [0.05, 0.1) is 0 Å². The maximum Gasteiger partial charge on any atom is 0.410 e. The summed E-state index contributed by atoms with van der Waals surface area (Å²) in [6.45, 7) is 6.68. The van der Waals surface area contributed by atoms with Gasteiger partial charge in [0, 0.05) is 17.0 Å². The Kier molecular flexibility index (Phi) is 3.39. The molecule has 0 aromatic carbocycles. The van der Waals surface area contributed by atoms with Crippen LogP contribution in [0, 0.1) is 11.8 Å². The SMILES string of the molecule is CC(C)(C)OC(=O)N1CC2CC1CC2CI. The van der Waals surface area contributed by atoms with Crippen molar-refractivity contribution < 1.29 is 9.53 Å². The van der Waals surface area contributed by atoms with Crippen molar-refractivity contribution in [2.75, 3.05) is 11.0 Å². The molecule has 4 heteroatoms. The molecule has 3 atom stereocenters. The molecule has 0 aromatic heterocycles. The van der Waals surface area contributed by atoms with Gasteiger partial charge in [-0.25, -0.2) is 4.79 Å². The lowest BCUT2D eigenvalue weighted by atomic mass is 9.97. The largest absolute Gasteiger partial charge is 0.444 e. The Bertz CT molecular complexity index is 287. The summed E-state index contributed by atoms with van der Waals surface area (Å²) in [5.74, 6) is 1.54. The first-order valence-electron chi connectivity index (χ1n) is 5.96. The normalized spacial score (nSPS) is 33.2. The third-order valence-electron chi connectivity index (χ3n) is 3.51. The number of hydrogen-bond donors (Lipinski definition) is 0. The number of piperidine rings is 1. The third kappa shape index (κ3) is 2.46. The molecule has 1 amide bonds. The van der Waals surface area contributed by atoms with Gasteiger partial charge in [0.1, 0.15) is 5.60 Å². The van der Waals surface area contributed by atoms with Crippen molar-refractivity contribution in [3.05, 3.63) is 0 Å². The molecule has 3 nitrogen and oxygen atoms in total. The van der Waals surface area contributed by atoms with Crippen LogP contribution >= 0.6 is 22.6 Å². The van der Waals surface area contributed by atoms with Gasteiger partial charge in [-0.3, -0.25) is 0 Å². The highest BCUT2D eigenvalue weighted by atomic mass is 127. The maximum absolute atomic E-state index is 11.9. The molecule has 0 aromatic rings. The molecule has 1 saturated carbocycles. The molecule has 2 aliphatic rings. The number of alkyl halides is 1. The molecular weight excluding hydrogens is 317 g/mol. The Morgan fingerprint density at radius 1 is 1.44 bits per heavy atom. The highest BCUT2D eigenvalue weighted by molar-refractivity contribution is 14.1. The number of ether oxygens (including phenoxy) is 1. The zero-order valence-electron chi connectivity index (χ0n) is 10.2. The van der Waals surface area contributed by atoms with Gasteiger partial charge in [-0.1, -0.05) is 22.6 Å². The average Bonchev–Trinajstić information content (AvgIpc) is 2.72. The molecule has 0 N–H and O–H groups in total. The summed E-state index contributed by atoms with van der Waals surface area (Å²) >= 11 is 2.46. The van der Waals surface area contributed by atoms with E-state index in [9.17, 15) is 4.79 Å². The minimum atomic E-state index is -0.373. The summed E-state index contributed by atoms with van der Waals surface area (Å²) < 4.78 is 6.65. The third-order valence-corrected chi connectivity index (χ3v) is 4.65. The Balaban J connectivity index is 1.93. The topological polar surface area (TPSA) is 29.5 Å².